The van der Waals surface area contributed by atoms with Gasteiger partial charge in [-0.3, -0.25) is 9.69 Å². The van der Waals surface area contributed by atoms with Crippen molar-refractivity contribution in [2.75, 3.05) is 32.0 Å². The van der Waals surface area contributed by atoms with Gasteiger partial charge in [-0.25, -0.2) is 9.78 Å². The Morgan fingerprint density at radius 1 is 1.19 bits per heavy atom. The van der Waals surface area contributed by atoms with E-state index in [2.05, 4.69) is 28.7 Å². The summed E-state index contributed by atoms with van der Waals surface area (Å²) in [5, 5.41) is 0. The van der Waals surface area contributed by atoms with E-state index in [4.69, 9.17) is 15.2 Å². The summed E-state index contributed by atoms with van der Waals surface area (Å²) >= 11 is 0. The predicted molar refractivity (Wildman–Crippen MR) is 123 cm³/mol. The number of nitrogens with one attached hydrogen (secondary N) is 1. The van der Waals surface area contributed by atoms with E-state index >= 15 is 0 Å². The van der Waals surface area contributed by atoms with E-state index in [0.29, 0.717) is 16.6 Å². The minimum atomic E-state index is -0.375. The third kappa shape index (κ3) is 6.18. The lowest BCUT2D eigenvalue weighted by atomic mass is 10.1. The Morgan fingerprint density at radius 2 is 1.97 bits per heavy atom. The Kier molecular flexibility index (Phi) is 8.41. The first-order valence-electron chi connectivity index (χ1n) is 10.9. The van der Waals surface area contributed by atoms with E-state index < -0.39 is 0 Å². The van der Waals surface area contributed by atoms with Crippen molar-refractivity contribution >= 4 is 22.8 Å². The van der Waals surface area contributed by atoms with Gasteiger partial charge in [-0.1, -0.05) is 26.0 Å². The number of aromatic amines is 1. The van der Waals surface area contributed by atoms with Gasteiger partial charge in [0.2, 0.25) is 0 Å². The molecule has 0 saturated carbocycles. The minimum absolute atomic E-state index is 0.121. The number of hydrogen-bond donors (Lipinski definition) is 2. The van der Waals surface area contributed by atoms with Gasteiger partial charge in [0.1, 0.15) is 19.2 Å². The van der Waals surface area contributed by atoms with Crippen LogP contribution in [-0.4, -0.2) is 51.7 Å². The number of nitrogens with zero attached hydrogens (tertiary/aromatic N) is 3. The lowest BCUT2D eigenvalue weighted by Gasteiger charge is -2.21. The number of pyridine rings is 1. The molecular weight excluding hydrogens is 410 g/mol. The Morgan fingerprint density at radius 3 is 2.72 bits per heavy atom. The zero-order valence-electron chi connectivity index (χ0n) is 18.7. The molecule has 3 rings (SSSR count). The van der Waals surface area contributed by atoms with Crippen molar-refractivity contribution in [3.05, 3.63) is 58.1 Å². The van der Waals surface area contributed by atoms with Crippen LogP contribution in [0.1, 0.15) is 42.6 Å². The van der Waals surface area contributed by atoms with E-state index in [0.717, 1.165) is 38.0 Å². The first-order chi connectivity index (χ1) is 15.5. The second-order valence-corrected chi connectivity index (χ2v) is 7.65. The van der Waals surface area contributed by atoms with Crippen LogP contribution in [0.25, 0.3) is 11.0 Å². The Labute approximate surface area is 187 Å². The first-order valence-corrected chi connectivity index (χ1v) is 10.9. The molecule has 0 radical (unpaired) electrons. The average molecular weight is 442 g/mol. The summed E-state index contributed by atoms with van der Waals surface area (Å²) in [5.74, 6) is -0.117. The number of nitrogens with two attached hydrogens (primary N) is 1. The largest absolute Gasteiger partial charge is 0.460 e. The number of aromatic nitrogens is 3. The van der Waals surface area contributed by atoms with Crippen LogP contribution in [0, 0.1) is 0 Å². The molecule has 0 aliphatic heterocycles. The molecule has 3 aromatic rings. The van der Waals surface area contributed by atoms with Gasteiger partial charge in [-0.05, 0) is 43.6 Å². The minimum Gasteiger partial charge on any atom is -0.460 e. The molecule has 0 bridgehead atoms. The molecular formula is C23H31N5O4. The highest BCUT2D eigenvalue weighted by atomic mass is 16.6. The summed E-state index contributed by atoms with van der Waals surface area (Å²) in [4.78, 5) is 33.2. The van der Waals surface area contributed by atoms with Gasteiger partial charge < -0.3 is 24.8 Å². The van der Waals surface area contributed by atoms with Crippen molar-refractivity contribution in [2.45, 2.75) is 40.0 Å². The van der Waals surface area contributed by atoms with Gasteiger partial charge in [0, 0.05) is 12.6 Å². The maximum Gasteiger partial charge on any atom is 0.338 e. The van der Waals surface area contributed by atoms with Crippen molar-refractivity contribution in [1.29, 1.82) is 0 Å². The fourth-order valence-corrected chi connectivity index (χ4v) is 3.59. The lowest BCUT2D eigenvalue weighted by molar-refractivity contribution is 0.0182. The number of carbonyl (C=O) groups is 1. The Bertz CT molecular complexity index is 1090. The van der Waals surface area contributed by atoms with E-state index in [1.54, 1.807) is 16.7 Å². The molecule has 0 aliphatic carbocycles. The maximum absolute atomic E-state index is 12.4. The number of fused-ring (bicyclic) bond motifs is 1. The van der Waals surface area contributed by atoms with Crippen LogP contribution in [0.5, 0.6) is 0 Å². The Hall–Kier alpha value is -3.17. The van der Waals surface area contributed by atoms with Crippen molar-refractivity contribution in [3.8, 4) is 0 Å². The quantitative estimate of drug-likeness (QED) is 0.328. The summed E-state index contributed by atoms with van der Waals surface area (Å²) in [6, 6.07) is 9.20. The number of esters is 1. The number of nitrogen functional groups attached to an aromatic ring is 1. The molecule has 0 aliphatic rings. The number of imidazole rings is 1. The molecule has 32 heavy (non-hydrogen) atoms. The lowest BCUT2D eigenvalue weighted by Crippen LogP contribution is -2.25. The maximum atomic E-state index is 12.4. The molecule has 172 valence electrons. The zero-order chi connectivity index (χ0) is 22.9. The second-order valence-electron chi connectivity index (χ2n) is 7.65. The van der Waals surface area contributed by atoms with Gasteiger partial charge in [0.05, 0.1) is 24.0 Å². The van der Waals surface area contributed by atoms with E-state index in [1.165, 1.54) is 6.33 Å². The van der Waals surface area contributed by atoms with Crippen molar-refractivity contribution < 1.29 is 14.3 Å². The molecule has 9 heteroatoms. The summed E-state index contributed by atoms with van der Waals surface area (Å²) in [5.41, 5.74) is 7.85. The van der Waals surface area contributed by atoms with Crippen LogP contribution >= 0.6 is 0 Å². The number of anilines is 1. The van der Waals surface area contributed by atoms with Crippen LogP contribution in [0.15, 0.2) is 41.5 Å². The molecule has 0 spiro atoms. The number of hydrogen-bond acceptors (Lipinski definition) is 7. The molecule has 9 nitrogen and oxygen atoms in total. The average Bonchev–Trinajstić information content (AvgIpc) is 3.17. The molecule has 2 heterocycles. The molecule has 0 atom stereocenters. The van der Waals surface area contributed by atoms with Gasteiger partial charge >= 0.3 is 5.97 Å². The van der Waals surface area contributed by atoms with Crippen LogP contribution in [0.3, 0.4) is 0 Å². The zero-order valence-corrected chi connectivity index (χ0v) is 18.7. The van der Waals surface area contributed by atoms with Crippen molar-refractivity contribution in [1.82, 2.24) is 19.4 Å². The number of carbonyl (C=O) groups excluding carboxylic acids is 1. The van der Waals surface area contributed by atoms with Gasteiger partial charge in [0.15, 0.2) is 5.52 Å². The van der Waals surface area contributed by atoms with E-state index in [1.807, 2.05) is 18.2 Å². The highest BCUT2D eigenvalue weighted by molar-refractivity contribution is 5.89. The second kappa shape index (κ2) is 11.4. The SMILES string of the molecule is CCCN(CCC)Cc1cccc(C(=O)OCCOCn2cnc3c(=O)[nH]c(N)cc32)c1. The number of rotatable bonds is 12. The van der Waals surface area contributed by atoms with E-state index in [9.17, 15) is 9.59 Å². The van der Waals surface area contributed by atoms with Crippen LogP contribution in [-0.2, 0) is 22.7 Å². The standard InChI is InChI=1S/C23H31N5O4/c1-3-8-27(9-4-2)14-17-6-5-7-18(12-17)23(30)32-11-10-31-16-28-15-25-21-19(28)13-20(24)26-22(21)29/h5-7,12-13,15H,3-4,8-11,14,16H2,1-2H3,(H3,24,26,29). The number of ether oxygens (including phenoxy) is 2. The van der Waals surface area contributed by atoms with Crippen LogP contribution in [0.2, 0.25) is 0 Å². The molecule has 0 unspecified atom stereocenters. The predicted octanol–water partition coefficient (Wildman–Crippen LogP) is 2.76. The summed E-state index contributed by atoms with van der Waals surface area (Å²) < 4.78 is 12.6. The normalized spacial score (nSPS) is 11.3. The number of benzene rings is 1. The fraction of sp³-hybridized carbons (Fsp3) is 0.435. The van der Waals surface area contributed by atoms with Crippen molar-refractivity contribution in [2.24, 2.45) is 0 Å². The van der Waals surface area contributed by atoms with Crippen LogP contribution < -0.4 is 11.3 Å². The fourth-order valence-electron chi connectivity index (χ4n) is 3.59. The topological polar surface area (TPSA) is 115 Å². The highest BCUT2D eigenvalue weighted by Gasteiger charge is 2.11. The highest BCUT2D eigenvalue weighted by Crippen LogP contribution is 2.12. The third-order valence-electron chi connectivity index (χ3n) is 4.98. The molecule has 0 amide bonds. The van der Waals surface area contributed by atoms with Crippen LogP contribution in [0.4, 0.5) is 5.82 Å². The molecule has 1 aromatic carbocycles. The molecule has 0 saturated heterocycles. The van der Waals surface area contributed by atoms with Gasteiger partial charge in [-0.2, -0.15) is 0 Å². The molecule has 0 fully saturated rings. The van der Waals surface area contributed by atoms with E-state index in [-0.39, 0.29) is 37.3 Å². The number of H-pyrrole nitrogens is 1. The Balaban J connectivity index is 1.48. The molecule has 3 N–H and O–H groups in total. The monoisotopic (exact) mass is 441 g/mol. The van der Waals surface area contributed by atoms with Gasteiger partial charge in [-0.15, -0.1) is 0 Å². The first kappa shape index (κ1) is 23.5. The molecule has 2 aromatic heterocycles. The smallest absolute Gasteiger partial charge is 0.338 e. The summed E-state index contributed by atoms with van der Waals surface area (Å²) in [7, 11) is 0. The summed E-state index contributed by atoms with van der Waals surface area (Å²) in [6.07, 6.45) is 3.71. The third-order valence-corrected chi connectivity index (χ3v) is 4.98. The van der Waals surface area contributed by atoms with Crippen molar-refractivity contribution in [3.63, 3.8) is 0 Å². The van der Waals surface area contributed by atoms with Gasteiger partial charge in [0.25, 0.3) is 5.56 Å². The summed E-state index contributed by atoms with van der Waals surface area (Å²) in [6.45, 7) is 7.72.